The molecule has 20 heavy (non-hydrogen) atoms. The van der Waals surface area contributed by atoms with E-state index in [1.54, 1.807) is 0 Å². The van der Waals surface area contributed by atoms with Crippen LogP contribution in [0.5, 0.6) is 0 Å². The monoisotopic (exact) mass is 341 g/mol. The predicted octanol–water partition coefficient (Wildman–Crippen LogP) is 3.52. The summed E-state index contributed by atoms with van der Waals surface area (Å²) in [5, 5.41) is 11.4. The van der Waals surface area contributed by atoms with Gasteiger partial charge in [-0.1, -0.05) is 34.8 Å². The van der Waals surface area contributed by atoms with E-state index in [4.69, 9.17) is 5.11 Å². The molecule has 0 radical (unpaired) electrons. The molecule has 1 aromatic carbocycles. The van der Waals surface area contributed by atoms with E-state index in [1.165, 1.54) is 0 Å². The van der Waals surface area contributed by atoms with Gasteiger partial charge in [-0.15, -0.1) is 0 Å². The van der Waals surface area contributed by atoms with Gasteiger partial charge in [-0.3, -0.25) is 9.59 Å². The van der Waals surface area contributed by atoms with Crippen LogP contribution in [0.15, 0.2) is 22.7 Å². The van der Waals surface area contributed by atoms with Crippen LogP contribution in [-0.2, 0) is 4.79 Å². The Morgan fingerprint density at radius 3 is 2.55 bits per heavy atom. The van der Waals surface area contributed by atoms with Crippen molar-refractivity contribution < 1.29 is 14.7 Å². The number of amides is 1. The van der Waals surface area contributed by atoms with Crippen molar-refractivity contribution in [2.75, 3.05) is 6.54 Å². The van der Waals surface area contributed by atoms with E-state index < -0.39 is 5.97 Å². The van der Waals surface area contributed by atoms with Gasteiger partial charge in [0.1, 0.15) is 0 Å². The molecule has 1 rings (SSSR count). The van der Waals surface area contributed by atoms with Crippen molar-refractivity contribution in [3.8, 4) is 0 Å². The largest absolute Gasteiger partial charge is 0.481 e. The number of nitrogens with one attached hydrogen (secondary N) is 1. The van der Waals surface area contributed by atoms with Gasteiger partial charge in [0, 0.05) is 23.0 Å². The maximum atomic E-state index is 11.9. The second kappa shape index (κ2) is 8.74. The van der Waals surface area contributed by atoms with Crippen LogP contribution in [0.1, 0.15) is 48.0 Å². The lowest BCUT2D eigenvalue weighted by atomic mass is 10.1. The SMILES string of the molecule is Cc1ccc(C(=O)NCCCCCCC(=O)O)cc1Br. The van der Waals surface area contributed by atoms with Gasteiger partial charge < -0.3 is 10.4 Å². The fraction of sp³-hybridized carbons (Fsp3) is 0.467. The molecule has 0 aliphatic heterocycles. The van der Waals surface area contributed by atoms with Crippen LogP contribution in [0.2, 0.25) is 0 Å². The molecule has 4 nitrogen and oxygen atoms in total. The zero-order valence-corrected chi connectivity index (χ0v) is 13.2. The second-order valence-electron chi connectivity index (χ2n) is 4.78. The second-order valence-corrected chi connectivity index (χ2v) is 5.63. The van der Waals surface area contributed by atoms with Gasteiger partial charge >= 0.3 is 5.97 Å². The normalized spacial score (nSPS) is 10.3. The van der Waals surface area contributed by atoms with Gasteiger partial charge in [0.2, 0.25) is 0 Å². The van der Waals surface area contributed by atoms with E-state index in [0.29, 0.717) is 18.5 Å². The van der Waals surface area contributed by atoms with Gasteiger partial charge in [0.05, 0.1) is 0 Å². The van der Waals surface area contributed by atoms with Crippen LogP contribution in [0, 0.1) is 6.92 Å². The number of carbonyl (C=O) groups excluding carboxylic acids is 1. The van der Waals surface area contributed by atoms with Gasteiger partial charge in [-0.25, -0.2) is 0 Å². The molecule has 1 amide bonds. The first-order chi connectivity index (χ1) is 9.50. The van der Waals surface area contributed by atoms with Crippen molar-refractivity contribution in [1.82, 2.24) is 5.32 Å². The summed E-state index contributed by atoms with van der Waals surface area (Å²) < 4.78 is 0.929. The average molecular weight is 342 g/mol. The molecule has 0 heterocycles. The standard InChI is InChI=1S/C15H20BrNO3/c1-11-7-8-12(10-13(11)16)15(20)17-9-5-3-2-4-6-14(18)19/h7-8,10H,2-6,9H2,1H3,(H,17,20)(H,18,19). The highest BCUT2D eigenvalue weighted by atomic mass is 79.9. The molecule has 0 atom stereocenters. The number of halogens is 1. The molecule has 110 valence electrons. The maximum absolute atomic E-state index is 11.9. The summed E-state index contributed by atoms with van der Waals surface area (Å²) in [6, 6.07) is 5.53. The first-order valence-corrected chi connectivity index (χ1v) is 7.56. The van der Waals surface area contributed by atoms with Crippen LogP contribution in [0.25, 0.3) is 0 Å². The molecule has 0 bridgehead atoms. The zero-order chi connectivity index (χ0) is 15.0. The third kappa shape index (κ3) is 6.19. The number of rotatable bonds is 8. The Balaban J connectivity index is 2.20. The van der Waals surface area contributed by atoms with Crippen LogP contribution in [-0.4, -0.2) is 23.5 Å². The third-order valence-electron chi connectivity index (χ3n) is 3.04. The number of carboxylic acids is 1. The van der Waals surface area contributed by atoms with E-state index in [9.17, 15) is 9.59 Å². The van der Waals surface area contributed by atoms with Gasteiger partial charge in [-0.05, 0) is 37.5 Å². The molecular weight excluding hydrogens is 322 g/mol. The van der Waals surface area contributed by atoms with Crippen LogP contribution in [0.4, 0.5) is 0 Å². The Labute approximate surface area is 127 Å². The van der Waals surface area contributed by atoms with E-state index in [1.807, 2.05) is 25.1 Å². The topological polar surface area (TPSA) is 66.4 Å². The predicted molar refractivity (Wildman–Crippen MR) is 81.9 cm³/mol. The Bertz CT molecular complexity index is 474. The summed E-state index contributed by atoms with van der Waals surface area (Å²) in [5.41, 5.74) is 1.74. The van der Waals surface area contributed by atoms with Crippen molar-refractivity contribution in [2.45, 2.75) is 39.0 Å². The lowest BCUT2D eigenvalue weighted by Crippen LogP contribution is -2.24. The quantitative estimate of drug-likeness (QED) is 0.711. The number of unbranched alkanes of at least 4 members (excludes halogenated alkanes) is 3. The minimum absolute atomic E-state index is 0.0729. The minimum Gasteiger partial charge on any atom is -0.481 e. The van der Waals surface area contributed by atoms with E-state index >= 15 is 0 Å². The molecule has 0 saturated carbocycles. The van der Waals surface area contributed by atoms with Crippen molar-refractivity contribution in [1.29, 1.82) is 0 Å². The fourth-order valence-corrected chi connectivity index (χ4v) is 2.17. The highest BCUT2D eigenvalue weighted by molar-refractivity contribution is 9.10. The Hall–Kier alpha value is -1.36. The molecule has 0 aliphatic rings. The van der Waals surface area contributed by atoms with Crippen LogP contribution < -0.4 is 5.32 Å². The highest BCUT2D eigenvalue weighted by Crippen LogP contribution is 2.17. The van der Waals surface area contributed by atoms with Crippen molar-refractivity contribution in [2.24, 2.45) is 0 Å². The van der Waals surface area contributed by atoms with Crippen molar-refractivity contribution in [3.63, 3.8) is 0 Å². The highest BCUT2D eigenvalue weighted by Gasteiger charge is 2.06. The molecule has 0 spiro atoms. The first kappa shape index (κ1) is 16.7. The smallest absolute Gasteiger partial charge is 0.303 e. The molecule has 0 fully saturated rings. The van der Waals surface area contributed by atoms with E-state index in [0.717, 1.165) is 29.3 Å². The van der Waals surface area contributed by atoms with E-state index in [-0.39, 0.29) is 12.3 Å². The summed E-state index contributed by atoms with van der Waals surface area (Å²) in [6.07, 6.45) is 3.62. The summed E-state index contributed by atoms with van der Waals surface area (Å²) in [4.78, 5) is 22.2. The molecule has 0 unspecified atom stereocenters. The lowest BCUT2D eigenvalue weighted by Gasteiger charge is -2.06. The molecule has 1 aromatic rings. The molecule has 0 saturated heterocycles. The minimum atomic E-state index is -0.747. The summed E-state index contributed by atoms with van der Waals surface area (Å²) in [5.74, 6) is -0.820. The summed E-state index contributed by atoms with van der Waals surface area (Å²) in [7, 11) is 0. The van der Waals surface area contributed by atoms with Gasteiger partial charge in [0.15, 0.2) is 0 Å². The van der Waals surface area contributed by atoms with Crippen LogP contribution in [0.3, 0.4) is 0 Å². The summed E-state index contributed by atoms with van der Waals surface area (Å²) >= 11 is 3.41. The Morgan fingerprint density at radius 2 is 1.90 bits per heavy atom. The number of carboxylic acid groups (broad SMARTS) is 1. The van der Waals surface area contributed by atoms with Gasteiger partial charge in [0.25, 0.3) is 5.91 Å². The lowest BCUT2D eigenvalue weighted by molar-refractivity contribution is -0.137. The van der Waals surface area contributed by atoms with Crippen molar-refractivity contribution >= 4 is 27.8 Å². The van der Waals surface area contributed by atoms with E-state index in [2.05, 4.69) is 21.2 Å². The average Bonchev–Trinajstić information content (AvgIpc) is 2.40. The molecule has 2 N–H and O–H groups in total. The number of hydrogen-bond donors (Lipinski definition) is 2. The third-order valence-corrected chi connectivity index (χ3v) is 3.89. The molecular formula is C15H20BrNO3. The maximum Gasteiger partial charge on any atom is 0.303 e. The number of aliphatic carboxylic acids is 1. The Kier molecular flexibility index (Phi) is 7.30. The molecule has 0 aromatic heterocycles. The number of hydrogen-bond acceptors (Lipinski definition) is 2. The van der Waals surface area contributed by atoms with Crippen molar-refractivity contribution in [3.05, 3.63) is 33.8 Å². The summed E-state index contributed by atoms with van der Waals surface area (Å²) in [6.45, 7) is 2.60. The van der Waals surface area contributed by atoms with Gasteiger partial charge in [-0.2, -0.15) is 0 Å². The fourth-order valence-electron chi connectivity index (χ4n) is 1.79. The number of aryl methyl sites for hydroxylation is 1. The van der Waals surface area contributed by atoms with Crippen LogP contribution >= 0.6 is 15.9 Å². The first-order valence-electron chi connectivity index (χ1n) is 6.77. The number of benzene rings is 1. The Morgan fingerprint density at radius 1 is 1.20 bits per heavy atom. The number of carbonyl (C=O) groups is 2. The molecule has 5 heteroatoms. The zero-order valence-electron chi connectivity index (χ0n) is 11.6. The molecule has 0 aliphatic carbocycles.